The lowest BCUT2D eigenvalue weighted by Crippen LogP contribution is -2.10. The van der Waals surface area contributed by atoms with Crippen LogP contribution in [0.25, 0.3) is 0 Å². The summed E-state index contributed by atoms with van der Waals surface area (Å²) in [5.74, 6) is 1.99. The number of hydrogen-bond acceptors (Lipinski definition) is 4. The minimum atomic E-state index is 0.532. The van der Waals surface area contributed by atoms with Crippen molar-refractivity contribution in [3.63, 3.8) is 0 Å². The Morgan fingerprint density at radius 1 is 1.11 bits per heavy atom. The first-order chi connectivity index (χ1) is 9.13. The van der Waals surface area contributed by atoms with Gasteiger partial charge in [-0.25, -0.2) is 0 Å². The van der Waals surface area contributed by atoms with Crippen LogP contribution in [-0.2, 0) is 4.74 Å². The van der Waals surface area contributed by atoms with Crippen LogP contribution in [-0.4, -0.2) is 26.4 Å². The zero-order chi connectivity index (χ0) is 14.1. The van der Waals surface area contributed by atoms with Gasteiger partial charge in [0.2, 0.25) is 0 Å². The van der Waals surface area contributed by atoms with Gasteiger partial charge < -0.3 is 19.9 Å². The van der Waals surface area contributed by atoms with E-state index in [1.54, 1.807) is 6.07 Å². The van der Waals surface area contributed by atoms with E-state index in [4.69, 9.17) is 19.9 Å². The summed E-state index contributed by atoms with van der Waals surface area (Å²) in [5, 5.41) is 0. The van der Waals surface area contributed by atoms with Gasteiger partial charge in [-0.1, -0.05) is 20.8 Å². The van der Waals surface area contributed by atoms with Gasteiger partial charge in [-0.05, 0) is 24.5 Å². The summed E-state index contributed by atoms with van der Waals surface area (Å²) in [6, 6.07) is 5.47. The minimum absolute atomic E-state index is 0.532. The third-order valence-electron chi connectivity index (χ3n) is 2.39. The lowest BCUT2D eigenvalue weighted by Gasteiger charge is -2.12. The molecule has 0 saturated heterocycles. The van der Waals surface area contributed by atoms with E-state index >= 15 is 0 Å². The molecule has 0 aliphatic carbocycles. The van der Waals surface area contributed by atoms with Crippen LogP contribution < -0.4 is 15.2 Å². The Morgan fingerprint density at radius 3 is 2.58 bits per heavy atom. The van der Waals surface area contributed by atoms with Crippen molar-refractivity contribution in [2.75, 3.05) is 32.2 Å². The van der Waals surface area contributed by atoms with Crippen LogP contribution in [0.4, 0.5) is 5.69 Å². The highest BCUT2D eigenvalue weighted by molar-refractivity contribution is 5.55. The first-order valence-corrected chi connectivity index (χ1v) is 6.86. The molecule has 0 spiro atoms. The Morgan fingerprint density at radius 2 is 1.89 bits per heavy atom. The summed E-state index contributed by atoms with van der Waals surface area (Å²) in [6.45, 7) is 8.84. The average molecular weight is 267 g/mol. The maximum Gasteiger partial charge on any atom is 0.145 e. The van der Waals surface area contributed by atoms with E-state index in [-0.39, 0.29) is 0 Å². The van der Waals surface area contributed by atoms with Crippen LogP contribution in [0.3, 0.4) is 0 Å². The summed E-state index contributed by atoms with van der Waals surface area (Å²) in [5.41, 5.74) is 6.47. The van der Waals surface area contributed by atoms with E-state index in [9.17, 15) is 0 Å². The van der Waals surface area contributed by atoms with E-state index in [0.717, 1.165) is 18.8 Å². The molecule has 0 aromatic heterocycles. The number of nitrogen functional groups attached to an aromatic ring is 1. The molecule has 0 fully saturated rings. The molecular formula is C15H25NO3. The highest BCUT2D eigenvalue weighted by Crippen LogP contribution is 2.27. The first-order valence-electron chi connectivity index (χ1n) is 6.86. The molecule has 4 nitrogen and oxygen atoms in total. The van der Waals surface area contributed by atoms with E-state index in [1.807, 2.05) is 12.1 Å². The van der Waals surface area contributed by atoms with Crippen LogP contribution in [0.1, 0.15) is 27.2 Å². The number of rotatable bonds is 9. The maximum absolute atomic E-state index is 5.83. The Hall–Kier alpha value is -1.42. The molecule has 0 aliphatic heterocycles. The molecule has 0 unspecified atom stereocenters. The number of ether oxygens (including phenoxy) is 3. The van der Waals surface area contributed by atoms with Crippen molar-refractivity contribution in [3.8, 4) is 11.5 Å². The Bertz CT molecular complexity index is 366. The fourth-order valence-corrected chi connectivity index (χ4v) is 1.48. The fraction of sp³-hybridized carbons (Fsp3) is 0.600. The van der Waals surface area contributed by atoms with Crippen LogP contribution in [0.5, 0.6) is 11.5 Å². The molecule has 0 saturated carbocycles. The molecule has 0 amide bonds. The zero-order valence-electron chi connectivity index (χ0n) is 12.1. The summed E-state index contributed by atoms with van der Waals surface area (Å²) >= 11 is 0. The summed E-state index contributed by atoms with van der Waals surface area (Å²) in [6.07, 6.45) is 0.952. The molecule has 1 rings (SSSR count). The molecule has 1 aromatic carbocycles. The number of anilines is 1. The molecule has 108 valence electrons. The molecule has 0 aliphatic rings. The number of benzene rings is 1. The topological polar surface area (TPSA) is 53.7 Å². The molecule has 4 heteroatoms. The molecule has 0 heterocycles. The van der Waals surface area contributed by atoms with Crippen molar-refractivity contribution in [2.24, 2.45) is 5.92 Å². The first kappa shape index (κ1) is 15.6. The summed E-state index contributed by atoms with van der Waals surface area (Å²) in [7, 11) is 0. The molecule has 19 heavy (non-hydrogen) atoms. The van der Waals surface area contributed by atoms with Crippen molar-refractivity contribution < 1.29 is 14.2 Å². The lowest BCUT2D eigenvalue weighted by molar-refractivity contribution is 0.0818. The molecule has 0 radical (unpaired) electrons. The SMILES string of the molecule is CCCOc1cc(OCCOCC(C)C)ccc1N. The molecule has 0 bridgehead atoms. The predicted molar refractivity (Wildman–Crippen MR) is 77.8 cm³/mol. The highest BCUT2D eigenvalue weighted by Gasteiger charge is 2.03. The summed E-state index contributed by atoms with van der Waals surface area (Å²) in [4.78, 5) is 0. The van der Waals surface area contributed by atoms with E-state index in [2.05, 4.69) is 20.8 Å². The van der Waals surface area contributed by atoms with E-state index < -0.39 is 0 Å². The monoisotopic (exact) mass is 267 g/mol. The normalized spacial score (nSPS) is 10.7. The van der Waals surface area contributed by atoms with Crippen LogP contribution in [0.2, 0.25) is 0 Å². The quantitative estimate of drug-likeness (QED) is 0.552. The molecule has 2 N–H and O–H groups in total. The highest BCUT2D eigenvalue weighted by atomic mass is 16.5. The Labute approximate surface area is 115 Å². The van der Waals surface area contributed by atoms with Crippen LogP contribution in [0, 0.1) is 5.92 Å². The van der Waals surface area contributed by atoms with Gasteiger partial charge in [-0.3, -0.25) is 0 Å². The third-order valence-corrected chi connectivity index (χ3v) is 2.39. The maximum atomic E-state index is 5.83. The van der Waals surface area contributed by atoms with Gasteiger partial charge in [0.1, 0.15) is 18.1 Å². The zero-order valence-corrected chi connectivity index (χ0v) is 12.1. The van der Waals surface area contributed by atoms with Gasteiger partial charge in [-0.15, -0.1) is 0 Å². The van der Waals surface area contributed by atoms with Crippen LogP contribution in [0.15, 0.2) is 18.2 Å². The second-order valence-electron chi connectivity index (χ2n) is 4.87. The smallest absolute Gasteiger partial charge is 0.145 e. The predicted octanol–water partition coefficient (Wildman–Crippen LogP) is 3.11. The largest absolute Gasteiger partial charge is 0.491 e. The van der Waals surface area contributed by atoms with E-state index in [0.29, 0.717) is 37.2 Å². The summed E-state index contributed by atoms with van der Waals surface area (Å²) < 4.78 is 16.6. The lowest BCUT2D eigenvalue weighted by atomic mass is 10.2. The molecular weight excluding hydrogens is 242 g/mol. The standard InChI is InChI=1S/C15H25NO3/c1-4-7-19-15-10-13(5-6-14(15)16)18-9-8-17-11-12(2)3/h5-6,10,12H,4,7-9,11,16H2,1-3H3. The Kier molecular flexibility index (Phi) is 7.11. The molecule has 1 aromatic rings. The van der Waals surface area contributed by atoms with Crippen molar-refractivity contribution in [1.82, 2.24) is 0 Å². The van der Waals surface area contributed by atoms with Crippen LogP contribution >= 0.6 is 0 Å². The van der Waals surface area contributed by atoms with Gasteiger partial charge in [0.05, 0.1) is 18.9 Å². The van der Waals surface area contributed by atoms with Gasteiger partial charge in [0.25, 0.3) is 0 Å². The van der Waals surface area contributed by atoms with Crippen molar-refractivity contribution in [2.45, 2.75) is 27.2 Å². The van der Waals surface area contributed by atoms with Crippen molar-refractivity contribution in [3.05, 3.63) is 18.2 Å². The van der Waals surface area contributed by atoms with E-state index in [1.165, 1.54) is 0 Å². The third kappa shape index (κ3) is 6.34. The second kappa shape index (κ2) is 8.64. The van der Waals surface area contributed by atoms with Gasteiger partial charge >= 0.3 is 0 Å². The fourth-order valence-electron chi connectivity index (χ4n) is 1.48. The van der Waals surface area contributed by atoms with Gasteiger partial charge in [-0.2, -0.15) is 0 Å². The molecule has 0 atom stereocenters. The van der Waals surface area contributed by atoms with Crippen molar-refractivity contribution in [1.29, 1.82) is 0 Å². The van der Waals surface area contributed by atoms with Gasteiger partial charge in [0, 0.05) is 12.7 Å². The number of nitrogens with two attached hydrogens (primary N) is 1. The minimum Gasteiger partial charge on any atom is -0.491 e. The number of hydrogen-bond donors (Lipinski definition) is 1. The van der Waals surface area contributed by atoms with Gasteiger partial charge in [0.15, 0.2) is 0 Å². The van der Waals surface area contributed by atoms with Crippen molar-refractivity contribution >= 4 is 5.69 Å². The Balaban J connectivity index is 2.37. The average Bonchev–Trinajstić information content (AvgIpc) is 2.38. The second-order valence-corrected chi connectivity index (χ2v) is 4.87.